The highest BCUT2D eigenvalue weighted by Crippen LogP contribution is 2.34. The Morgan fingerprint density at radius 3 is 2.25 bits per heavy atom. The number of benzene rings is 2. The molecule has 2 aromatic carbocycles. The van der Waals surface area contributed by atoms with Gasteiger partial charge in [0.25, 0.3) is 10.0 Å². The first kappa shape index (κ1) is 21.5. The Hall–Kier alpha value is -3.74. The maximum atomic E-state index is 13.6. The molecule has 166 valence electrons. The number of anilines is 3. The van der Waals surface area contributed by atoms with Crippen LogP contribution >= 0.6 is 0 Å². The molecule has 8 nitrogen and oxygen atoms in total. The quantitative estimate of drug-likeness (QED) is 0.430. The van der Waals surface area contributed by atoms with E-state index in [9.17, 15) is 26.0 Å². The molecule has 4 aromatic rings. The molecule has 2 N–H and O–H groups in total. The van der Waals surface area contributed by atoms with Crippen molar-refractivity contribution in [1.82, 2.24) is 19.7 Å². The van der Waals surface area contributed by atoms with Gasteiger partial charge in [-0.05, 0) is 30.3 Å². The second kappa shape index (κ2) is 7.75. The number of halogens is 4. The third-order valence-corrected chi connectivity index (χ3v) is 5.62. The number of fused-ring (bicyclic) bond motifs is 1. The average Bonchev–Trinajstić information content (AvgIpc) is 3.16. The molecule has 0 amide bonds. The van der Waals surface area contributed by atoms with Crippen LogP contribution in [0, 0.1) is 5.82 Å². The van der Waals surface area contributed by atoms with Crippen molar-refractivity contribution < 1.29 is 26.0 Å². The number of hydrogen-bond acceptors (Lipinski definition) is 6. The molecule has 0 radical (unpaired) electrons. The topological polar surface area (TPSA) is 102 Å². The molecule has 0 fully saturated rings. The predicted octanol–water partition coefficient (Wildman–Crippen LogP) is 4.07. The molecule has 0 spiro atoms. The molecule has 4 rings (SSSR count). The molecule has 32 heavy (non-hydrogen) atoms. The minimum absolute atomic E-state index is 0.151. The van der Waals surface area contributed by atoms with Gasteiger partial charge in [0.05, 0.1) is 22.8 Å². The smallest absolute Gasteiger partial charge is 0.337 e. The second-order valence-electron chi connectivity index (χ2n) is 6.68. The lowest BCUT2D eigenvalue weighted by molar-refractivity contribution is -0.139. The van der Waals surface area contributed by atoms with Crippen LogP contribution in [0.5, 0.6) is 0 Å². The number of alkyl halides is 3. The summed E-state index contributed by atoms with van der Waals surface area (Å²) in [6.07, 6.45) is -2.53. The number of nitrogens with zero attached hydrogens (tertiary/aromatic N) is 4. The Morgan fingerprint density at radius 1 is 1.00 bits per heavy atom. The van der Waals surface area contributed by atoms with Gasteiger partial charge in [-0.1, -0.05) is 12.1 Å². The third kappa shape index (κ3) is 4.32. The summed E-state index contributed by atoms with van der Waals surface area (Å²) in [4.78, 5) is 8.36. The molecule has 0 aliphatic carbocycles. The minimum Gasteiger partial charge on any atom is -0.337 e. The van der Waals surface area contributed by atoms with Crippen molar-refractivity contribution in [2.75, 3.05) is 10.0 Å². The van der Waals surface area contributed by atoms with E-state index in [2.05, 4.69) is 25.1 Å². The number of hydrogen-bond donors (Lipinski definition) is 2. The number of para-hydroxylation sites is 2. The zero-order valence-corrected chi connectivity index (χ0v) is 17.0. The summed E-state index contributed by atoms with van der Waals surface area (Å²) in [6.45, 7) is 0. The second-order valence-corrected chi connectivity index (χ2v) is 8.36. The van der Waals surface area contributed by atoms with Gasteiger partial charge in [-0.25, -0.2) is 22.8 Å². The summed E-state index contributed by atoms with van der Waals surface area (Å²) in [5.74, 6) is -1.87. The predicted molar refractivity (Wildman–Crippen MR) is 108 cm³/mol. The fourth-order valence-electron chi connectivity index (χ4n) is 2.84. The summed E-state index contributed by atoms with van der Waals surface area (Å²) >= 11 is 0. The fraction of sp³-hybridized carbons (Fsp3) is 0.105. The number of nitrogens with one attached hydrogen (secondary N) is 2. The normalized spacial score (nSPS) is 12.2. The molecule has 2 heterocycles. The Bertz CT molecular complexity index is 1420. The first-order valence-electron chi connectivity index (χ1n) is 8.95. The average molecular weight is 466 g/mol. The van der Waals surface area contributed by atoms with Gasteiger partial charge in [0.15, 0.2) is 11.6 Å². The van der Waals surface area contributed by atoms with Crippen LogP contribution < -0.4 is 10.0 Å². The van der Waals surface area contributed by atoms with E-state index in [4.69, 9.17) is 0 Å². The lowest BCUT2D eigenvalue weighted by Gasteiger charge is -2.15. The van der Waals surface area contributed by atoms with Crippen molar-refractivity contribution in [3.05, 3.63) is 66.2 Å². The van der Waals surface area contributed by atoms with Crippen molar-refractivity contribution in [2.45, 2.75) is 11.1 Å². The largest absolute Gasteiger partial charge is 0.419 e. The van der Waals surface area contributed by atoms with E-state index in [1.165, 1.54) is 17.9 Å². The van der Waals surface area contributed by atoms with Crippen LogP contribution in [-0.2, 0) is 23.2 Å². The van der Waals surface area contributed by atoms with Crippen LogP contribution in [0.1, 0.15) is 5.56 Å². The molecular weight excluding hydrogens is 452 g/mol. The molecule has 13 heteroatoms. The number of rotatable bonds is 5. The number of aryl methyl sites for hydroxylation is 1. The van der Waals surface area contributed by atoms with E-state index < -0.39 is 27.6 Å². The van der Waals surface area contributed by atoms with Crippen molar-refractivity contribution in [3.63, 3.8) is 0 Å². The zero-order chi connectivity index (χ0) is 23.1. The molecular formula is C19H14F4N6O2S. The van der Waals surface area contributed by atoms with Crippen LogP contribution in [0.15, 0.2) is 59.8 Å². The van der Waals surface area contributed by atoms with Crippen molar-refractivity contribution in [3.8, 4) is 0 Å². The van der Waals surface area contributed by atoms with E-state index in [0.29, 0.717) is 23.2 Å². The van der Waals surface area contributed by atoms with E-state index in [1.807, 2.05) is 0 Å². The first-order chi connectivity index (χ1) is 15.0. The van der Waals surface area contributed by atoms with Gasteiger partial charge in [0.1, 0.15) is 10.7 Å². The molecule has 0 aliphatic rings. The standard InChI is InChI=1S/C19H14F4N6O2S/c1-29-10-12(9-24-29)32(30,31)28-18-17(26-15-4-2-3-5-16(15)27-18)25-11-6-7-14(20)13(8-11)19(21,22)23/h2-10H,1H3,(H,25,26)(H,27,28). The highest BCUT2D eigenvalue weighted by molar-refractivity contribution is 7.92. The highest BCUT2D eigenvalue weighted by Gasteiger charge is 2.34. The Balaban J connectivity index is 1.79. The Labute approximate surface area is 179 Å². The van der Waals surface area contributed by atoms with Gasteiger partial charge in [-0.2, -0.15) is 18.3 Å². The van der Waals surface area contributed by atoms with E-state index in [0.717, 1.165) is 12.3 Å². The fourth-order valence-corrected chi connectivity index (χ4v) is 3.83. The van der Waals surface area contributed by atoms with E-state index in [-0.39, 0.29) is 22.2 Å². The van der Waals surface area contributed by atoms with Gasteiger partial charge in [0, 0.05) is 18.9 Å². The van der Waals surface area contributed by atoms with Gasteiger partial charge in [-0.15, -0.1) is 0 Å². The summed E-state index contributed by atoms with van der Waals surface area (Å²) in [7, 11) is -2.59. The maximum absolute atomic E-state index is 13.6. The third-order valence-electron chi connectivity index (χ3n) is 4.33. The van der Waals surface area contributed by atoms with Gasteiger partial charge in [-0.3, -0.25) is 9.40 Å². The van der Waals surface area contributed by atoms with Gasteiger partial charge < -0.3 is 5.32 Å². The van der Waals surface area contributed by atoms with Crippen LogP contribution in [0.3, 0.4) is 0 Å². The first-order valence-corrected chi connectivity index (χ1v) is 10.4. The van der Waals surface area contributed by atoms with Gasteiger partial charge >= 0.3 is 6.18 Å². The lowest BCUT2D eigenvalue weighted by atomic mass is 10.2. The van der Waals surface area contributed by atoms with Crippen molar-refractivity contribution in [1.29, 1.82) is 0 Å². The van der Waals surface area contributed by atoms with E-state index in [1.54, 1.807) is 24.3 Å². The zero-order valence-electron chi connectivity index (χ0n) is 16.2. The van der Waals surface area contributed by atoms with Crippen LogP contribution in [-0.4, -0.2) is 28.2 Å². The van der Waals surface area contributed by atoms with E-state index >= 15 is 0 Å². The molecule has 2 aromatic heterocycles. The number of aromatic nitrogens is 4. The van der Waals surface area contributed by atoms with Crippen LogP contribution in [0.2, 0.25) is 0 Å². The maximum Gasteiger partial charge on any atom is 0.419 e. The molecule has 0 atom stereocenters. The van der Waals surface area contributed by atoms with Gasteiger partial charge in [0.2, 0.25) is 0 Å². The summed E-state index contributed by atoms with van der Waals surface area (Å²) in [5.41, 5.74) is -0.937. The Morgan fingerprint density at radius 2 is 1.66 bits per heavy atom. The molecule has 0 bridgehead atoms. The SMILES string of the molecule is Cn1cc(S(=O)(=O)Nc2nc3ccccc3nc2Nc2ccc(F)c(C(F)(F)F)c2)cn1. The summed E-state index contributed by atoms with van der Waals surface area (Å²) in [5, 5.41) is 6.40. The molecule has 0 unspecified atom stereocenters. The summed E-state index contributed by atoms with van der Waals surface area (Å²) < 4.78 is 81.9. The molecule has 0 saturated carbocycles. The lowest BCUT2D eigenvalue weighted by Crippen LogP contribution is -2.16. The molecule has 0 aliphatic heterocycles. The van der Waals surface area contributed by atoms with Crippen LogP contribution in [0.25, 0.3) is 11.0 Å². The number of sulfonamides is 1. The highest BCUT2D eigenvalue weighted by atomic mass is 32.2. The van der Waals surface area contributed by atoms with Crippen LogP contribution in [0.4, 0.5) is 34.9 Å². The monoisotopic (exact) mass is 466 g/mol. The van der Waals surface area contributed by atoms with Crippen molar-refractivity contribution in [2.24, 2.45) is 7.05 Å². The minimum atomic E-state index is -4.92. The summed E-state index contributed by atoms with van der Waals surface area (Å²) in [6, 6.07) is 8.80. The molecule has 0 saturated heterocycles. The van der Waals surface area contributed by atoms with Crippen molar-refractivity contribution >= 4 is 38.4 Å². The Kier molecular flexibility index (Phi) is 5.20.